The second-order valence-corrected chi connectivity index (χ2v) is 8.27. The highest BCUT2D eigenvalue weighted by atomic mass is 79.9. The van der Waals surface area contributed by atoms with E-state index in [4.69, 9.17) is 20.8 Å². The van der Waals surface area contributed by atoms with Crippen molar-refractivity contribution in [3.8, 4) is 5.75 Å². The zero-order valence-electron chi connectivity index (χ0n) is 16.6. The lowest BCUT2D eigenvalue weighted by Crippen LogP contribution is -2.29. The molecule has 1 aliphatic heterocycles. The van der Waals surface area contributed by atoms with Crippen LogP contribution in [0.15, 0.2) is 69.1 Å². The Kier molecular flexibility index (Phi) is 5.64. The van der Waals surface area contributed by atoms with Crippen LogP contribution in [0, 0.1) is 6.92 Å². The summed E-state index contributed by atoms with van der Waals surface area (Å²) >= 11 is 9.57. The summed E-state index contributed by atoms with van der Waals surface area (Å²) in [6, 6.07) is 14.1. The number of aliphatic hydroxyl groups excluding tert-OH is 1. The molecule has 4 rings (SSSR count). The average molecular weight is 503 g/mol. The lowest BCUT2D eigenvalue weighted by molar-refractivity contribution is -0.132. The van der Waals surface area contributed by atoms with Crippen LogP contribution in [0.4, 0.5) is 5.69 Å². The van der Waals surface area contributed by atoms with Gasteiger partial charge in [-0.15, -0.1) is 0 Å². The van der Waals surface area contributed by atoms with E-state index in [0.717, 1.165) is 4.47 Å². The molecule has 31 heavy (non-hydrogen) atoms. The maximum Gasteiger partial charge on any atom is 0.300 e. The van der Waals surface area contributed by atoms with E-state index in [1.807, 2.05) is 0 Å². The molecule has 6 nitrogen and oxygen atoms in total. The highest BCUT2D eigenvalue weighted by Crippen LogP contribution is 2.43. The number of aryl methyl sites for hydroxylation is 1. The first-order valence-electron chi connectivity index (χ1n) is 9.28. The largest absolute Gasteiger partial charge is 0.507 e. The number of Topliss-reactive ketones (excluding diaryl/α,β-unsaturated/α-hetero) is 1. The zero-order chi connectivity index (χ0) is 22.3. The molecule has 0 bridgehead atoms. The molecule has 2 heterocycles. The molecule has 1 saturated heterocycles. The topological polar surface area (TPSA) is 80.0 Å². The van der Waals surface area contributed by atoms with Crippen LogP contribution < -0.4 is 9.64 Å². The molecule has 0 aliphatic carbocycles. The molecule has 2 aromatic carbocycles. The zero-order valence-corrected chi connectivity index (χ0v) is 18.9. The van der Waals surface area contributed by atoms with Crippen molar-refractivity contribution < 1.29 is 23.8 Å². The standard InChI is InChI=1S/C23H17BrClNO5/c1-12-3-9-18(31-12)20-19(21(27)13-4-10-17(30-2)16(25)11-13)22(28)23(29)26(20)15-7-5-14(24)6-8-15/h3-11,20,27H,1-2H3/b21-19-. The Labute approximate surface area is 191 Å². The Morgan fingerprint density at radius 1 is 1.13 bits per heavy atom. The number of anilines is 1. The van der Waals surface area contributed by atoms with Crippen molar-refractivity contribution in [1.29, 1.82) is 0 Å². The van der Waals surface area contributed by atoms with E-state index in [1.165, 1.54) is 18.1 Å². The third-order valence-corrected chi connectivity index (χ3v) is 5.83. The lowest BCUT2D eigenvalue weighted by atomic mass is 9.99. The minimum atomic E-state index is -0.934. The van der Waals surface area contributed by atoms with E-state index in [-0.39, 0.29) is 21.9 Å². The van der Waals surface area contributed by atoms with Gasteiger partial charge in [-0.2, -0.15) is 0 Å². The van der Waals surface area contributed by atoms with Crippen molar-refractivity contribution in [2.75, 3.05) is 12.0 Å². The first-order valence-corrected chi connectivity index (χ1v) is 10.5. The van der Waals surface area contributed by atoms with Gasteiger partial charge in [0.2, 0.25) is 0 Å². The van der Waals surface area contributed by atoms with Crippen molar-refractivity contribution in [1.82, 2.24) is 0 Å². The summed E-state index contributed by atoms with van der Waals surface area (Å²) in [6.07, 6.45) is 0. The monoisotopic (exact) mass is 501 g/mol. The Balaban J connectivity index is 1.92. The van der Waals surface area contributed by atoms with Gasteiger partial charge in [0, 0.05) is 15.7 Å². The van der Waals surface area contributed by atoms with Crippen LogP contribution >= 0.6 is 27.5 Å². The van der Waals surface area contributed by atoms with E-state index in [1.54, 1.807) is 55.5 Å². The van der Waals surface area contributed by atoms with E-state index < -0.39 is 17.7 Å². The highest BCUT2D eigenvalue weighted by molar-refractivity contribution is 9.10. The number of halogens is 2. The molecule has 1 unspecified atom stereocenters. The molecular formula is C23H17BrClNO5. The van der Waals surface area contributed by atoms with Crippen LogP contribution in [0.2, 0.25) is 5.02 Å². The average Bonchev–Trinajstić information content (AvgIpc) is 3.29. The number of carbonyl (C=O) groups is 2. The molecule has 1 aliphatic rings. The van der Waals surface area contributed by atoms with Crippen LogP contribution in [0.25, 0.3) is 5.76 Å². The fourth-order valence-electron chi connectivity index (χ4n) is 3.54. The Morgan fingerprint density at radius 3 is 2.42 bits per heavy atom. The number of aliphatic hydroxyl groups is 1. The van der Waals surface area contributed by atoms with Crippen LogP contribution in [0.5, 0.6) is 5.75 Å². The molecule has 3 aromatic rings. The summed E-state index contributed by atoms with van der Waals surface area (Å²) < 4.78 is 11.7. The Hall–Kier alpha value is -3.03. The molecular weight excluding hydrogens is 486 g/mol. The molecule has 1 amide bonds. The molecule has 8 heteroatoms. The van der Waals surface area contributed by atoms with E-state index in [0.29, 0.717) is 23.0 Å². The van der Waals surface area contributed by atoms with Crippen molar-refractivity contribution in [3.63, 3.8) is 0 Å². The molecule has 0 spiro atoms. The fourth-order valence-corrected chi connectivity index (χ4v) is 4.06. The number of amides is 1. The van der Waals surface area contributed by atoms with Gasteiger partial charge in [0.1, 0.15) is 29.1 Å². The van der Waals surface area contributed by atoms with Crippen LogP contribution in [0.1, 0.15) is 23.1 Å². The van der Waals surface area contributed by atoms with Gasteiger partial charge in [0.15, 0.2) is 0 Å². The predicted octanol–water partition coefficient (Wildman–Crippen LogP) is 5.64. The summed E-state index contributed by atoms with van der Waals surface area (Å²) in [4.78, 5) is 27.4. The summed E-state index contributed by atoms with van der Waals surface area (Å²) in [5.41, 5.74) is 0.701. The van der Waals surface area contributed by atoms with E-state index >= 15 is 0 Å². The molecule has 1 N–H and O–H groups in total. The van der Waals surface area contributed by atoms with E-state index in [9.17, 15) is 14.7 Å². The summed E-state index contributed by atoms with van der Waals surface area (Å²) in [5.74, 6) is -0.521. The fraction of sp³-hybridized carbons (Fsp3) is 0.130. The lowest BCUT2D eigenvalue weighted by Gasteiger charge is -2.23. The smallest absolute Gasteiger partial charge is 0.300 e. The Morgan fingerprint density at radius 2 is 1.84 bits per heavy atom. The van der Waals surface area contributed by atoms with Gasteiger partial charge in [-0.05, 0) is 61.5 Å². The number of nitrogens with zero attached hydrogens (tertiary/aromatic N) is 1. The number of carbonyl (C=O) groups excluding carboxylic acids is 2. The number of hydrogen-bond acceptors (Lipinski definition) is 5. The number of ether oxygens (including phenoxy) is 1. The first kappa shape index (κ1) is 21.2. The number of ketones is 1. The third-order valence-electron chi connectivity index (χ3n) is 5.01. The van der Waals surface area contributed by atoms with Gasteiger partial charge >= 0.3 is 0 Å². The Bertz CT molecular complexity index is 1210. The van der Waals surface area contributed by atoms with Gasteiger partial charge in [-0.25, -0.2) is 0 Å². The maximum atomic E-state index is 13.1. The van der Waals surface area contributed by atoms with E-state index in [2.05, 4.69) is 15.9 Å². The number of furan rings is 1. The molecule has 1 atom stereocenters. The normalized spacial score (nSPS) is 17.9. The quantitative estimate of drug-likeness (QED) is 0.284. The molecule has 0 saturated carbocycles. The summed E-state index contributed by atoms with van der Waals surface area (Å²) in [5, 5.41) is 11.3. The minimum absolute atomic E-state index is 0.0801. The summed E-state index contributed by atoms with van der Waals surface area (Å²) in [7, 11) is 1.48. The summed E-state index contributed by atoms with van der Waals surface area (Å²) in [6.45, 7) is 1.76. The highest BCUT2D eigenvalue weighted by Gasteiger charge is 2.48. The second-order valence-electron chi connectivity index (χ2n) is 6.94. The van der Waals surface area contributed by atoms with Crippen molar-refractivity contribution in [2.45, 2.75) is 13.0 Å². The molecule has 158 valence electrons. The SMILES string of the molecule is COc1ccc(/C(O)=C2/C(=O)C(=O)N(c3ccc(Br)cc3)C2c2ccc(C)o2)cc1Cl. The maximum absolute atomic E-state index is 13.1. The molecule has 1 fully saturated rings. The van der Waals surface area contributed by atoms with Gasteiger partial charge in [0.25, 0.3) is 11.7 Å². The minimum Gasteiger partial charge on any atom is -0.507 e. The van der Waals surface area contributed by atoms with Crippen molar-refractivity contribution in [3.05, 3.63) is 86.7 Å². The number of hydrogen-bond donors (Lipinski definition) is 1. The predicted molar refractivity (Wildman–Crippen MR) is 120 cm³/mol. The van der Waals surface area contributed by atoms with Crippen molar-refractivity contribution >= 4 is 50.7 Å². The van der Waals surface area contributed by atoms with Gasteiger partial charge < -0.3 is 14.3 Å². The number of benzene rings is 2. The van der Waals surface area contributed by atoms with Crippen LogP contribution in [0.3, 0.4) is 0 Å². The van der Waals surface area contributed by atoms with Crippen LogP contribution in [-0.2, 0) is 9.59 Å². The molecule has 0 radical (unpaired) electrons. The molecule has 1 aromatic heterocycles. The first-order chi connectivity index (χ1) is 14.8. The number of rotatable bonds is 4. The van der Waals surface area contributed by atoms with Gasteiger partial charge in [0.05, 0.1) is 17.7 Å². The second kappa shape index (κ2) is 8.24. The van der Waals surface area contributed by atoms with Gasteiger partial charge in [-0.1, -0.05) is 27.5 Å². The van der Waals surface area contributed by atoms with Crippen LogP contribution in [-0.4, -0.2) is 23.9 Å². The van der Waals surface area contributed by atoms with Crippen molar-refractivity contribution in [2.24, 2.45) is 0 Å². The van der Waals surface area contributed by atoms with Gasteiger partial charge in [-0.3, -0.25) is 14.5 Å². The number of methoxy groups -OCH3 is 1. The third kappa shape index (κ3) is 3.75.